The molecule has 0 aliphatic carbocycles. The number of hydrogen-bond acceptors (Lipinski definition) is 0. The minimum atomic E-state index is 0. The van der Waals surface area contributed by atoms with Gasteiger partial charge in [-0.15, -0.1) is 0 Å². The van der Waals surface area contributed by atoms with Gasteiger partial charge in [-0.05, 0) is 0 Å². The monoisotopic (exact) mass is 146 g/mol. The van der Waals surface area contributed by atoms with E-state index in [0.29, 0.717) is 0 Å². The molecule has 0 aliphatic rings. The molecule has 3 heteroatoms. The summed E-state index contributed by atoms with van der Waals surface area (Å²) >= 11 is 0. The Morgan fingerprint density at radius 1 is 0.750 bits per heavy atom. The third kappa shape index (κ3) is 12.2. The van der Waals surface area contributed by atoms with Crippen LogP contribution in [-0.4, -0.2) is 39.5 Å². The zero-order chi connectivity index (χ0) is 0. The van der Waals surface area contributed by atoms with Crippen LogP contribution in [0, 0.1) is 0 Å². The molecule has 0 N–H and O–H groups in total. The molecule has 0 aliphatic heterocycles. The zero-order valence-corrected chi connectivity index (χ0v) is 5.60. The van der Waals surface area contributed by atoms with Gasteiger partial charge < -0.3 is 0 Å². The Hall–Kier alpha value is 0.977. The molecule has 20 valence electrons. The average Bonchev–Trinajstić information content (AvgIpc) is 0. The maximum atomic E-state index is 0. The Morgan fingerprint density at radius 2 is 0.750 bits per heavy atom. The molecule has 0 aromatic heterocycles. The van der Waals surface area contributed by atoms with E-state index >= 15 is 0 Å². The van der Waals surface area contributed by atoms with Crippen LogP contribution in [0.5, 0.6) is 0 Å². The van der Waals surface area contributed by atoms with E-state index in [2.05, 4.69) is 0 Å². The normalized spacial score (nSPS) is 0. The van der Waals surface area contributed by atoms with Crippen molar-refractivity contribution in [3.8, 4) is 0 Å². The largest absolute Gasteiger partial charge is 0.0776 e. The van der Waals surface area contributed by atoms with Gasteiger partial charge in [0.15, 0.2) is 0 Å². The topological polar surface area (TPSA) is 0 Å². The molecule has 0 aromatic rings. The van der Waals surface area contributed by atoms with Crippen LogP contribution >= 0.6 is 0 Å². The van der Waals surface area contributed by atoms with Gasteiger partial charge in [-0.1, -0.05) is 7.43 Å². The summed E-state index contributed by atoms with van der Waals surface area (Å²) < 4.78 is 0. The van der Waals surface area contributed by atoms with Gasteiger partial charge in [0.25, 0.3) is 0 Å². The fourth-order valence-corrected chi connectivity index (χ4v) is 0. The maximum absolute atomic E-state index is 0. The summed E-state index contributed by atoms with van der Waals surface area (Å²) in [6.45, 7) is 0. The van der Waals surface area contributed by atoms with E-state index in [4.69, 9.17) is 0 Å². The second kappa shape index (κ2) is 36.9. The molecule has 0 fully saturated rings. The number of rotatable bonds is 0. The van der Waals surface area contributed by atoms with Gasteiger partial charge >= 0.3 is 0 Å². The van der Waals surface area contributed by atoms with Gasteiger partial charge in [-0.25, -0.2) is 0 Å². The van der Waals surface area contributed by atoms with Crippen LogP contribution < -0.4 is 0 Å². The molecule has 0 heterocycles. The molecule has 12 radical (unpaired) electrons. The van der Waals surface area contributed by atoms with Crippen molar-refractivity contribution in [1.82, 2.24) is 0 Å². The molecular formula is CH4GeSi2. The first kappa shape index (κ1) is 82.5. The van der Waals surface area contributed by atoms with Crippen molar-refractivity contribution >= 4 is 39.5 Å². The fraction of sp³-hybridized carbons (Fsp3) is 1.00. The second-order valence-electron chi connectivity index (χ2n) is 0. The van der Waals surface area contributed by atoms with Crippen LogP contribution in [0.3, 0.4) is 0 Å². The van der Waals surface area contributed by atoms with E-state index in [1.807, 2.05) is 0 Å². The van der Waals surface area contributed by atoms with Gasteiger partial charge in [0.1, 0.15) is 0 Å². The van der Waals surface area contributed by atoms with E-state index in [-0.39, 0.29) is 47.0 Å². The van der Waals surface area contributed by atoms with Crippen LogP contribution in [0.4, 0.5) is 0 Å². The zero-order valence-electron chi connectivity index (χ0n) is 1.50. The Kier molecular flexibility index (Phi) is 762. The van der Waals surface area contributed by atoms with E-state index < -0.39 is 0 Å². The van der Waals surface area contributed by atoms with Gasteiger partial charge in [0.05, 0.1) is 0 Å². The summed E-state index contributed by atoms with van der Waals surface area (Å²) in [7, 11) is 0. The van der Waals surface area contributed by atoms with Crippen molar-refractivity contribution in [3.63, 3.8) is 0 Å². The molecule has 0 aromatic carbocycles. The Bertz CT molecular complexity index is 6.00. The first-order valence-electron chi connectivity index (χ1n) is 0. The van der Waals surface area contributed by atoms with Gasteiger partial charge in [0.2, 0.25) is 0 Å². The van der Waals surface area contributed by atoms with E-state index in [9.17, 15) is 0 Å². The molecule has 0 rings (SSSR count). The molecule has 4 heavy (non-hydrogen) atoms. The first-order valence-corrected chi connectivity index (χ1v) is 0. The average molecular weight is 145 g/mol. The van der Waals surface area contributed by atoms with Crippen molar-refractivity contribution in [2.24, 2.45) is 0 Å². The van der Waals surface area contributed by atoms with E-state index in [1.54, 1.807) is 0 Å². The molecule has 0 spiro atoms. The van der Waals surface area contributed by atoms with Crippen LogP contribution in [0.25, 0.3) is 0 Å². The molecule has 0 nitrogen and oxygen atoms in total. The smallest absolute Gasteiger partial charge is 0 e. The summed E-state index contributed by atoms with van der Waals surface area (Å²) in [5.41, 5.74) is 0. The Morgan fingerprint density at radius 3 is 0.750 bits per heavy atom. The van der Waals surface area contributed by atoms with Crippen molar-refractivity contribution < 1.29 is 0 Å². The predicted octanol–water partition coefficient (Wildman–Crippen LogP) is -0.506. The minimum Gasteiger partial charge on any atom is -0.0776 e. The summed E-state index contributed by atoms with van der Waals surface area (Å²) in [4.78, 5) is 0. The first-order chi connectivity index (χ1) is 0. The quantitative estimate of drug-likeness (QED) is 0.402. The van der Waals surface area contributed by atoms with Crippen LogP contribution in [-0.2, 0) is 0 Å². The minimum absolute atomic E-state index is 0. The molecule has 0 atom stereocenters. The van der Waals surface area contributed by atoms with Crippen molar-refractivity contribution in [2.75, 3.05) is 0 Å². The molecule has 0 saturated heterocycles. The van der Waals surface area contributed by atoms with Gasteiger partial charge in [-0.2, -0.15) is 0 Å². The van der Waals surface area contributed by atoms with Crippen molar-refractivity contribution in [1.29, 1.82) is 0 Å². The molecule has 0 bridgehead atoms. The van der Waals surface area contributed by atoms with Crippen molar-refractivity contribution in [2.45, 2.75) is 7.43 Å². The number of hydrogen-bond donors (Lipinski definition) is 0. The SMILES string of the molecule is C.[Ge].[Si].[Si]. The maximum Gasteiger partial charge on any atom is 0 e. The summed E-state index contributed by atoms with van der Waals surface area (Å²) in [5, 5.41) is 0. The van der Waals surface area contributed by atoms with Crippen molar-refractivity contribution in [3.05, 3.63) is 0 Å². The molecule has 0 saturated carbocycles. The summed E-state index contributed by atoms with van der Waals surface area (Å²) in [6.07, 6.45) is 0. The van der Waals surface area contributed by atoms with E-state index in [0.717, 1.165) is 0 Å². The molecular weight excluding hydrogens is 141 g/mol. The van der Waals surface area contributed by atoms with E-state index in [1.165, 1.54) is 0 Å². The van der Waals surface area contributed by atoms with Crippen LogP contribution in [0.15, 0.2) is 0 Å². The molecule has 0 unspecified atom stereocenters. The Balaban J connectivity index is 0. The van der Waals surface area contributed by atoms with Crippen LogP contribution in [0.1, 0.15) is 7.43 Å². The molecule has 0 amide bonds. The second-order valence-corrected chi connectivity index (χ2v) is 0. The predicted molar refractivity (Wildman–Crippen MR) is 24.0 cm³/mol. The summed E-state index contributed by atoms with van der Waals surface area (Å²) in [6, 6.07) is 0. The Labute approximate surface area is 47.4 Å². The summed E-state index contributed by atoms with van der Waals surface area (Å²) in [5.74, 6) is 0. The third-order valence-electron chi connectivity index (χ3n) is 0. The van der Waals surface area contributed by atoms with Crippen LogP contribution in [0.2, 0.25) is 0 Å². The van der Waals surface area contributed by atoms with Gasteiger partial charge in [-0.3, -0.25) is 0 Å². The van der Waals surface area contributed by atoms with Gasteiger partial charge in [0, 0.05) is 39.5 Å². The third-order valence-corrected chi connectivity index (χ3v) is 0. The fourth-order valence-electron chi connectivity index (χ4n) is 0. The standard InChI is InChI=1S/CH4.Ge.2Si/h1H4;;;.